The third-order valence-corrected chi connectivity index (χ3v) is 5.44. The van der Waals surface area contributed by atoms with Gasteiger partial charge in [-0.2, -0.15) is 0 Å². The van der Waals surface area contributed by atoms with Gasteiger partial charge in [-0.15, -0.1) is 24.0 Å². The zero-order chi connectivity index (χ0) is 19.1. The highest BCUT2D eigenvalue weighted by atomic mass is 127. The molecule has 0 unspecified atom stereocenters. The van der Waals surface area contributed by atoms with E-state index in [-0.39, 0.29) is 36.0 Å². The fourth-order valence-electron chi connectivity index (χ4n) is 3.84. The Morgan fingerprint density at radius 2 is 1.93 bits per heavy atom. The van der Waals surface area contributed by atoms with Crippen LogP contribution in [0.4, 0.5) is 0 Å². The molecular formula is C21H33IN4O2. The van der Waals surface area contributed by atoms with Crippen LogP contribution in [0.15, 0.2) is 29.3 Å². The van der Waals surface area contributed by atoms with Crippen molar-refractivity contribution in [2.75, 3.05) is 13.1 Å². The first-order valence-corrected chi connectivity index (χ1v) is 10.2. The Kier molecular flexibility index (Phi) is 9.50. The van der Waals surface area contributed by atoms with E-state index in [0.29, 0.717) is 25.6 Å². The monoisotopic (exact) mass is 500 g/mol. The van der Waals surface area contributed by atoms with E-state index < -0.39 is 0 Å². The minimum atomic E-state index is -0.150. The van der Waals surface area contributed by atoms with E-state index in [4.69, 9.17) is 4.99 Å². The predicted molar refractivity (Wildman–Crippen MR) is 123 cm³/mol. The lowest BCUT2D eigenvalue weighted by molar-refractivity contribution is -0.128. The third kappa shape index (κ3) is 6.62. The molecule has 1 amide bonds. The van der Waals surface area contributed by atoms with Gasteiger partial charge in [0.25, 0.3) is 0 Å². The van der Waals surface area contributed by atoms with Gasteiger partial charge in [-0.05, 0) is 50.2 Å². The van der Waals surface area contributed by atoms with Crippen LogP contribution in [0.25, 0.3) is 0 Å². The van der Waals surface area contributed by atoms with E-state index in [1.54, 1.807) is 0 Å². The molecule has 28 heavy (non-hydrogen) atoms. The number of amides is 1. The number of aliphatic hydroxyl groups excluding tert-OH is 1. The Hall–Kier alpha value is -1.35. The number of aliphatic imine (C=N–C) groups is 1. The van der Waals surface area contributed by atoms with Crippen LogP contribution in [0.5, 0.6) is 0 Å². The number of carbonyl (C=O) groups excluding carboxylic acids is 1. The molecule has 3 rings (SSSR count). The molecule has 0 radical (unpaired) electrons. The number of aliphatic hydroxyl groups is 1. The summed E-state index contributed by atoms with van der Waals surface area (Å²) in [6.07, 6.45) is 5.13. The first-order chi connectivity index (χ1) is 13.2. The Balaban J connectivity index is 0.00000280. The summed E-state index contributed by atoms with van der Waals surface area (Å²) >= 11 is 0. The molecule has 2 aliphatic rings. The largest absolute Gasteiger partial charge is 0.393 e. The van der Waals surface area contributed by atoms with Crippen LogP contribution in [0.1, 0.15) is 56.6 Å². The van der Waals surface area contributed by atoms with E-state index in [1.807, 2.05) is 17.0 Å². The second-order valence-electron chi connectivity index (χ2n) is 7.53. The van der Waals surface area contributed by atoms with Crippen molar-refractivity contribution in [1.82, 2.24) is 15.5 Å². The van der Waals surface area contributed by atoms with E-state index in [1.165, 1.54) is 5.56 Å². The Morgan fingerprint density at radius 1 is 1.21 bits per heavy atom. The molecule has 6 nitrogen and oxygen atoms in total. The number of nitrogens with one attached hydrogen (secondary N) is 2. The van der Waals surface area contributed by atoms with Crippen LogP contribution in [0.3, 0.4) is 0 Å². The smallest absolute Gasteiger partial charge is 0.222 e. The van der Waals surface area contributed by atoms with Gasteiger partial charge >= 0.3 is 0 Å². The van der Waals surface area contributed by atoms with Crippen LogP contribution < -0.4 is 10.6 Å². The molecule has 0 aromatic heterocycles. The molecule has 0 atom stereocenters. The first kappa shape index (κ1) is 22.9. The molecule has 0 spiro atoms. The highest BCUT2D eigenvalue weighted by Crippen LogP contribution is 2.19. The zero-order valence-corrected chi connectivity index (χ0v) is 19.0. The second kappa shape index (κ2) is 11.6. The minimum Gasteiger partial charge on any atom is -0.393 e. The van der Waals surface area contributed by atoms with Crippen LogP contribution in [0.2, 0.25) is 0 Å². The van der Waals surface area contributed by atoms with Gasteiger partial charge in [0.05, 0.1) is 12.6 Å². The zero-order valence-electron chi connectivity index (χ0n) is 16.7. The molecule has 156 valence electrons. The molecule has 1 heterocycles. The molecule has 1 aromatic carbocycles. The van der Waals surface area contributed by atoms with Crippen molar-refractivity contribution in [3.63, 3.8) is 0 Å². The Morgan fingerprint density at radius 3 is 2.57 bits per heavy atom. The van der Waals surface area contributed by atoms with Crippen LogP contribution in [-0.4, -0.2) is 47.1 Å². The molecular weight excluding hydrogens is 467 g/mol. The van der Waals surface area contributed by atoms with Crippen molar-refractivity contribution in [2.45, 2.75) is 70.7 Å². The number of nitrogens with zero attached hydrogens (tertiary/aromatic N) is 2. The topological polar surface area (TPSA) is 77.0 Å². The lowest BCUT2D eigenvalue weighted by atomic mass is 9.93. The van der Waals surface area contributed by atoms with Gasteiger partial charge < -0.3 is 20.6 Å². The maximum absolute atomic E-state index is 11.9. The van der Waals surface area contributed by atoms with Gasteiger partial charge in [0.1, 0.15) is 0 Å². The summed E-state index contributed by atoms with van der Waals surface area (Å²) in [7, 11) is 0. The van der Waals surface area contributed by atoms with Crippen molar-refractivity contribution >= 4 is 35.8 Å². The molecule has 1 saturated carbocycles. The summed E-state index contributed by atoms with van der Waals surface area (Å²) in [6, 6.07) is 8.62. The van der Waals surface area contributed by atoms with E-state index in [2.05, 4.69) is 29.7 Å². The van der Waals surface area contributed by atoms with Gasteiger partial charge in [-0.3, -0.25) is 4.79 Å². The van der Waals surface area contributed by atoms with Gasteiger partial charge in [0, 0.05) is 32.1 Å². The summed E-state index contributed by atoms with van der Waals surface area (Å²) in [5.74, 6) is 1.08. The van der Waals surface area contributed by atoms with Crippen molar-refractivity contribution in [3.05, 3.63) is 35.4 Å². The van der Waals surface area contributed by atoms with Crippen molar-refractivity contribution in [1.29, 1.82) is 0 Å². The predicted octanol–water partition coefficient (Wildman–Crippen LogP) is 2.79. The summed E-state index contributed by atoms with van der Waals surface area (Å²) < 4.78 is 0. The van der Waals surface area contributed by atoms with Crippen LogP contribution >= 0.6 is 24.0 Å². The molecule has 0 bridgehead atoms. The average molecular weight is 500 g/mol. The highest BCUT2D eigenvalue weighted by Gasteiger charge is 2.21. The minimum absolute atomic E-state index is 0. The molecule has 1 saturated heterocycles. The lowest BCUT2D eigenvalue weighted by Crippen LogP contribution is -2.45. The first-order valence-electron chi connectivity index (χ1n) is 10.2. The van der Waals surface area contributed by atoms with E-state index in [0.717, 1.165) is 56.7 Å². The number of hydrogen-bond acceptors (Lipinski definition) is 3. The Labute approximate surface area is 185 Å². The highest BCUT2D eigenvalue weighted by molar-refractivity contribution is 14.0. The number of guanidine groups is 1. The Bertz CT molecular complexity index is 660. The number of hydrogen-bond donors (Lipinski definition) is 3. The van der Waals surface area contributed by atoms with Crippen molar-refractivity contribution < 1.29 is 9.90 Å². The normalized spacial score (nSPS) is 22.7. The number of carbonyl (C=O) groups is 1. The van der Waals surface area contributed by atoms with Crippen LogP contribution in [0, 0.1) is 0 Å². The quantitative estimate of drug-likeness (QED) is 0.319. The fraction of sp³-hybridized carbons (Fsp3) is 0.619. The van der Waals surface area contributed by atoms with Crippen LogP contribution in [-0.2, 0) is 17.9 Å². The molecule has 1 aliphatic carbocycles. The molecule has 1 aliphatic heterocycles. The van der Waals surface area contributed by atoms with Gasteiger partial charge in [-0.25, -0.2) is 4.99 Å². The number of halogens is 1. The van der Waals surface area contributed by atoms with E-state index >= 15 is 0 Å². The maximum atomic E-state index is 11.9. The SMILES string of the molecule is CCNC(=NCc1ccccc1CN1CCCC1=O)NC1CCC(O)CC1.I. The molecule has 7 heteroatoms. The molecule has 1 aromatic rings. The maximum Gasteiger partial charge on any atom is 0.222 e. The second-order valence-corrected chi connectivity index (χ2v) is 7.53. The summed E-state index contributed by atoms with van der Waals surface area (Å²) in [5, 5.41) is 16.5. The van der Waals surface area contributed by atoms with Gasteiger partial charge in [0.2, 0.25) is 5.91 Å². The summed E-state index contributed by atoms with van der Waals surface area (Å²) in [4.78, 5) is 18.7. The number of rotatable bonds is 6. The van der Waals surface area contributed by atoms with Crippen molar-refractivity contribution in [3.8, 4) is 0 Å². The fourth-order valence-corrected chi connectivity index (χ4v) is 3.84. The van der Waals surface area contributed by atoms with E-state index in [9.17, 15) is 9.90 Å². The van der Waals surface area contributed by atoms with Gasteiger partial charge in [0.15, 0.2) is 5.96 Å². The standard InChI is InChI=1S/C21H32N4O2.HI/c1-2-22-21(24-18-9-11-19(26)12-10-18)23-14-16-6-3-4-7-17(16)15-25-13-5-8-20(25)27;/h3-4,6-7,18-19,26H,2,5,8-15H2,1H3,(H2,22,23,24);1H. The summed E-state index contributed by atoms with van der Waals surface area (Å²) in [6.45, 7) is 4.99. The number of likely N-dealkylation sites (tertiary alicyclic amines) is 1. The molecule has 3 N–H and O–H groups in total. The summed E-state index contributed by atoms with van der Waals surface area (Å²) in [5.41, 5.74) is 2.33. The average Bonchev–Trinajstić information content (AvgIpc) is 3.07. The van der Waals surface area contributed by atoms with Gasteiger partial charge in [-0.1, -0.05) is 24.3 Å². The van der Waals surface area contributed by atoms with Crippen molar-refractivity contribution in [2.24, 2.45) is 4.99 Å². The number of benzene rings is 1. The lowest BCUT2D eigenvalue weighted by Gasteiger charge is -2.27. The molecule has 2 fully saturated rings. The third-order valence-electron chi connectivity index (χ3n) is 5.44.